The number of nitro benzene ring substituents is 1. The fraction of sp³-hybridized carbons (Fsp3) is 0.111. The Bertz CT molecular complexity index is 1030. The van der Waals surface area contributed by atoms with Gasteiger partial charge < -0.3 is 15.6 Å². The number of carbonyl (C=O) groups excluding carboxylic acids is 2. The third-order valence-electron chi connectivity index (χ3n) is 3.96. The van der Waals surface area contributed by atoms with Gasteiger partial charge in [-0.3, -0.25) is 19.7 Å². The molecule has 3 aromatic rings. The second kappa shape index (κ2) is 7.65. The fourth-order valence-electron chi connectivity index (χ4n) is 2.65. The van der Waals surface area contributed by atoms with E-state index in [0.29, 0.717) is 6.42 Å². The zero-order valence-corrected chi connectivity index (χ0v) is 14.0. The van der Waals surface area contributed by atoms with Crippen molar-refractivity contribution < 1.29 is 18.9 Å². The van der Waals surface area contributed by atoms with Crippen LogP contribution in [0.15, 0.2) is 48.7 Å². The van der Waals surface area contributed by atoms with Crippen molar-refractivity contribution in [3.05, 3.63) is 70.2 Å². The number of H-pyrrole nitrogens is 1. The molecule has 9 heteroatoms. The van der Waals surface area contributed by atoms with Gasteiger partial charge in [-0.15, -0.1) is 0 Å². The minimum Gasteiger partial charge on any atom is -0.361 e. The number of amides is 2. The van der Waals surface area contributed by atoms with Gasteiger partial charge in [-0.05, 0) is 30.2 Å². The van der Waals surface area contributed by atoms with Crippen LogP contribution in [-0.4, -0.2) is 28.3 Å². The summed E-state index contributed by atoms with van der Waals surface area (Å²) in [5, 5.41) is 16.4. The van der Waals surface area contributed by atoms with Gasteiger partial charge in [0.25, 0.3) is 0 Å². The molecule has 1 heterocycles. The van der Waals surface area contributed by atoms with Gasteiger partial charge in [0.2, 0.25) is 5.82 Å². The Morgan fingerprint density at radius 1 is 1.15 bits per heavy atom. The fourth-order valence-corrected chi connectivity index (χ4v) is 2.65. The molecule has 3 rings (SSSR count). The minimum atomic E-state index is -1.03. The number of aromatic nitrogens is 1. The maximum absolute atomic E-state index is 13.3. The molecule has 138 valence electrons. The van der Waals surface area contributed by atoms with E-state index >= 15 is 0 Å². The highest BCUT2D eigenvalue weighted by molar-refractivity contribution is 6.39. The smallest absolute Gasteiger partial charge is 0.313 e. The summed E-state index contributed by atoms with van der Waals surface area (Å²) in [4.78, 5) is 36.7. The average molecular weight is 370 g/mol. The summed E-state index contributed by atoms with van der Waals surface area (Å²) in [6.07, 6.45) is 2.36. The number of nitrogens with one attached hydrogen (secondary N) is 3. The van der Waals surface area contributed by atoms with Gasteiger partial charge in [-0.1, -0.05) is 18.2 Å². The molecule has 0 aliphatic rings. The Morgan fingerprint density at radius 2 is 1.93 bits per heavy atom. The SMILES string of the molecule is O=C(NCCc1c[nH]c2ccccc12)C(=O)Nc1ccc(F)c([N+](=O)[O-])c1. The summed E-state index contributed by atoms with van der Waals surface area (Å²) in [6.45, 7) is 0.234. The number of carbonyl (C=O) groups is 2. The summed E-state index contributed by atoms with van der Waals surface area (Å²) < 4.78 is 13.3. The van der Waals surface area contributed by atoms with Crippen LogP contribution in [0.5, 0.6) is 0 Å². The van der Waals surface area contributed by atoms with Crippen molar-refractivity contribution in [1.82, 2.24) is 10.3 Å². The van der Waals surface area contributed by atoms with Crippen LogP contribution in [0.1, 0.15) is 5.56 Å². The van der Waals surface area contributed by atoms with E-state index in [1.807, 2.05) is 30.5 Å². The molecule has 0 unspecified atom stereocenters. The molecular formula is C18H15FN4O4. The van der Waals surface area contributed by atoms with Crippen molar-refractivity contribution in [3.63, 3.8) is 0 Å². The van der Waals surface area contributed by atoms with E-state index in [4.69, 9.17) is 0 Å². The molecular weight excluding hydrogens is 355 g/mol. The van der Waals surface area contributed by atoms with Crippen molar-refractivity contribution in [2.45, 2.75) is 6.42 Å². The van der Waals surface area contributed by atoms with Crippen LogP contribution in [0.3, 0.4) is 0 Å². The number of benzene rings is 2. The van der Waals surface area contributed by atoms with Gasteiger partial charge in [0.15, 0.2) is 0 Å². The topological polar surface area (TPSA) is 117 Å². The maximum Gasteiger partial charge on any atom is 0.313 e. The van der Waals surface area contributed by atoms with Crippen molar-refractivity contribution in [3.8, 4) is 0 Å². The van der Waals surface area contributed by atoms with Crippen molar-refractivity contribution in [2.24, 2.45) is 0 Å². The third-order valence-corrected chi connectivity index (χ3v) is 3.96. The van der Waals surface area contributed by atoms with E-state index in [2.05, 4.69) is 15.6 Å². The van der Waals surface area contributed by atoms with Crippen LogP contribution in [0.4, 0.5) is 15.8 Å². The Balaban J connectivity index is 1.56. The molecule has 2 amide bonds. The van der Waals surface area contributed by atoms with Crippen LogP contribution in [0.2, 0.25) is 0 Å². The summed E-state index contributed by atoms with van der Waals surface area (Å²) >= 11 is 0. The van der Waals surface area contributed by atoms with E-state index in [-0.39, 0.29) is 12.2 Å². The minimum absolute atomic E-state index is 0.0418. The summed E-state index contributed by atoms with van der Waals surface area (Å²) in [7, 11) is 0. The van der Waals surface area contributed by atoms with Gasteiger partial charge in [0.05, 0.1) is 4.92 Å². The molecule has 3 N–H and O–H groups in total. The van der Waals surface area contributed by atoms with Crippen LogP contribution in [-0.2, 0) is 16.0 Å². The Labute approximate surface area is 152 Å². The van der Waals surface area contributed by atoms with Crippen LogP contribution in [0.25, 0.3) is 10.9 Å². The average Bonchev–Trinajstić information content (AvgIpc) is 3.06. The molecule has 0 fully saturated rings. The monoisotopic (exact) mass is 370 g/mol. The van der Waals surface area contributed by atoms with Gasteiger partial charge in [0, 0.05) is 35.4 Å². The van der Waals surface area contributed by atoms with Crippen molar-refractivity contribution >= 4 is 34.1 Å². The molecule has 0 atom stereocenters. The third kappa shape index (κ3) is 4.09. The first-order valence-corrected chi connectivity index (χ1v) is 8.04. The number of hydrogen-bond acceptors (Lipinski definition) is 4. The first-order valence-electron chi connectivity index (χ1n) is 8.04. The standard InChI is InChI=1S/C18H15FN4O4/c19-14-6-5-12(9-16(14)23(26)27)22-18(25)17(24)20-8-7-11-10-21-15-4-2-1-3-13(11)15/h1-6,9-10,21H,7-8H2,(H,20,24)(H,22,25). The zero-order valence-electron chi connectivity index (χ0n) is 14.0. The molecule has 0 aliphatic carbocycles. The van der Waals surface area contributed by atoms with Gasteiger partial charge in [0.1, 0.15) is 0 Å². The van der Waals surface area contributed by atoms with E-state index in [1.165, 1.54) is 0 Å². The van der Waals surface area contributed by atoms with E-state index in [0.717, 1.165) is 34.7 Å². The number of aromatic amines is 1. The lowest BCUT2D eigenvalue weighted by Gasteiger charge is -2.06. The van der Waals surface area contributed by atoms with E-state index in [1.54, 1.807) is 0 Å². The molecule has 0 saturated heterocycles. The van der Waals surface area contributed by atoms with E-state index in [9.17, 15) is 24.1 Å². The van der Waals surface area contributed by atoms with Crippen LogP contribution < -0.4 is 10.6 Å². The molecule has 8 nitrogen and oxygen atoms in total. The molecule has 0 spiro atoms. The lowest BCUT2D eigenvalue weighted by molar-refractivity contribution is -0.387. The molecule has 27 heavy (non-hydrogen) atoms. The van der Waals surface area contributed by atoms with Crippen molar-refractivity contribution in [1.29, 1.82) is 0 Å². The quantitative estimate of drug-likeness (QED) is 0.363. The molecule has 0 radical (unpaired) electrons. The predicted molar refractivity (Wildman–Crippen MR) is 96.7 cm³/mol. The number of nitrogens with zero attached hydrogens (tertiary/aromatic N) is 1. The number of hydrogen-bond donors (Lipinski definition) is 3. The number of halogens is 1. The largest absolute Gasteiger partial charge is 0.361 e. The van der Waals surface area contributed by atoms with Gasteiger partial charge in [-0.2, -0.15) is 4.39 Å². The zero-order chi connectivity index (χ0) is 19.4. The number of fused-ring (bicyclic) bond motifs is 1. The summed E-state index contributed by atoms with van der Waals surface area (Å²) in [5.41, 5.74) is 1.15. The highest BCUT2D eigenvalue weighted by Crippen LogP contribution is 2.21. The predicted octanol–water partition coefficient (Wildman–Crippen LogP) is 2.51. The Kier molecular flexibility index (Phi) is 5.11. The lowest BCUT2D eigenvalue weighted by Crippen LogP contribution is -2.36. The van der Waals surface area contributed by atoms with E-state index < -0.39 is 28.2 Å². The first-order chi connectivity index (χ1) is 13.0. The molecule has 0 bridgehead atoms. The second-order valence-electron chi connectivity index (χ2n) is 5.74. The van der Waals surface area contributed by atoms with Crippen LogP contribution in [0, 0.1) is 15.9 Å². The van der Waals surface area contributed by atoms with Gasteiger partial charge >= 0.3 is 17.5 Å². The van der Waals surface area contributed by atoms with Crippen molar-refractivity contribution in [2.75, 3.05) is 11.9 Å². The normalized spacial score (nSPS) is 10.6. The van der Waals surface area contributed by atoms with Crippen LogP contribution >= 0.6 is 0 Å². The summed E-state index contributed by atoms with van der Waals surface area (Å²) in [5.74, 6) is -2.90. The molecule has 1 aromatic heterocycles. The van der Waals surface area contributed by atoms with Gasteiger partial charge in [-0.25, -0.2) is 0 Å². The maximum atomic E-state index is 13.3. The molecule has 0 aliphatic heterocycles. The number of anilines is 1. The second-order valence-corrected chi connectivity index (χ2v) is 5.74. The Hall–Kier alpha value is -3.75. The lowest BCUT2D eigenvalue weighted by atomic mass is 10.1. The summed E-state index contributed by atoms with van der Waals surface area (Å²) in [6, 6.07) is 10.6. The highest BCUT2D eigenvalue weighted by Gasteiger charge is 2.18. The highest BCUT2D eigenvalue weighted by atomic mass is 19.1. The number of nitro groups is 1. The Morgan fingerprint density at radius 3 is 2.70 bits per heavy atom. The number of rotatable bonds is 5. The first kappa shape index (κ1) is 18.1. The molecule has 0 saturated carbocycles. The molecule has 2 aromatic carbocycles. The number of para-hydroxylation sites is 1.